The number of benzene rings is 1. The summed E-state index contributed by atoms with van der Waals surface area (Å²) in [6.07, 6.45) is -4.31. The number of hydrogen-bond donors (Lipinski definition) is 0. The molecule has 0 radical (unpaired) electrons. The Morgan fingerprint density at radius 1 is 1.29 bits per heavy atom. The van der Waals surface area contributed by atoms with Crippen LogP contribution in [0.2, 0.25) is 5.02 Å². The Hall–Kier alpha value is -0.450. The molecule has 1 atom stereocenters. The fourth-order valence-electron chi connectivity index (χ4n) is 1.31. The maximum absolute atomic E-state index is 11.9. The Labute approximate surface area is 107 Å². The van der Waals surface area contributed by atoms with E-state index < -0.39 is 12.8 Å². The lowest BCUT2D eigenvalue weighted by Crippen LogP contribution is -2.20. The SMILES string of the molecule is FC(F)(F)COCC(CCl)c1cccc(Cl)c1. The molecular weight excluding hydrogens is 276 g/mol. The molecule has 0 saturated heterocycles. The predicted octanol–water partition coefficient (Wildman–Crippen LogP) is 4.24. The van der Waals surface area contributed by atoms with Crippen LogP contribution < -0.4 is 0 Å². The fourth-order valence-corrected chi connectivity index (χ4v) is 1.77. The molecule has 0 amide bonds. The van der Waals surface area contributed by atoms with Crippen LogP contribution in [0.3, 0.4) is 0 Å². The molecule has 0 saturated carbocycles. The maximum atomic E-state index is 11.9. The van der Waals surface area contributed by atoms with E-state index in [9.17, 15) is 13.2 Å². The molecule has 0 aliphatic rings. The average molecular weight is 287 g/mol. The van der Waals surface area contributed by atoms with E-state index in [1.165, 1.54) is 0 Å². The van der Waals surface area contributed by atoms with Gasteiger partial charge in [-0.25, -0.2) is 0 Å². The molecule has 17 heavy (non-hydrogen) atoms. The maximum Gasteiger partial charge on any atom is 0.411 e. The predicted molar refractivity (Wildman–Crippen MR) is 61.8 cm³/mol. The van der Waals surface area contributed by atoms with Crippen LogP contribution in [0.4, 0.5) is 13.2 Å². The Morgan fingerprint density at radius 3 is 2.53 bits per heavy atom. The Kier molecular flexibility index (Phi) is 5.56. The molecule has 0 aliphatic carbocycles. The second kappa shape index (κ2) is 6.47. The van der Waals surface area contributed by atoms with Gasteiger partial charge in [0.1, 0.15) is 6.61 Å². The molecule has 0 aliphatic heterocycles. The fraction of sp³-hybridized carbons (Fsp3) is 0.455. The summed E-state index contributed by atoms with van der Waals surface area (Å²) in [4.78, 5) is 0. The largest absolute Gasteiger partial charge is 0.411 e. The molecule has 6 heteroatoms. The zero-order valence-corrected chi connectivity index (χ0v) is 10.3. The van der Waals surface area contributed by atoms with Crippen molar-refractivity contribution in [3.63, 3.8) is 0 Å². The number of ether oxygens (including phenoxy) is 1. The van der Waals surface area contributed by atoms with Gasteiger partial charge in [0.2, 0.25) is 0 Å². The third-order valence-corrected chi connectivity index (χ3v) is 2.70. The summed E-state index contributed by atoms with van der Waals surface area (Å²) >= 11 is 11.5. The van der Waals surface area contributed by atoms with Gasteiger partial charge < -0.3 is 4.74 Å². The van der Waals surface area contributed by atoms with Crippen molar-refractivity contribution >= 4 is 23.2 Å². The first kappa shape index (κ1) is 14.6. The van der Waals surface area contributed by atoms with Gasteiger partial charge in [0, 0.05) is 16.8 Å². The number of alkyl halides is 4. The number of hydrogen-bond acceptors (Lipinski definition) is 1. The average Bonchev–Trinajstić information content (AvgIpc) is 2.23. The highest BCUT2D eigenvalue weighted by Gasteiger charge is 2.28. The molecule has 1 nitrogen and oxygen atoms in total. The van der Waals surface area contributed by atoms with E-state index >= 15 is 0 Å². The van der Waals surface area contributed by atoms with E-state index in [2.05, 4.69) is 4.74 Å². The van der Waals surface area contributed by atoms with Gasteiger partial charge in [-0.05, 0) is 17.7 Å². The summed E-state index contributed by atoms with van der Waals surface area (Å²) in [6.45, 7) is -1.34. The van der Waals surface area contributed by atoms with Crippen LogP contribution in [-0.2, 0) is 4.74 Å². The molecule has 1 unspecified atom stereocenters. The van der Waals surface area contributed by atoms with Gasteiger partial charge >= 0.3 is 6.18 Å². The minimum absolute atomic E-state index is 0.0800. The van der Waals surface area contributed by atoms with Gasteiger partial charge in [0.25, 0.3) is 0 Å². The molecule has 0 heterocycles. The highest BCUT2D eigenvalue weighted by atomic mass is 35.5. The zero-order chi connectivity index (χ0) is 12.9. The summed E-state index contributed by atoms with van der Waals surface area (Å²) < 4.78 is 40.3. The minimum atomic E-state index is -4.31. The van der Waals surface area contributed by atoms with Gasteiger partial charge in [0.15, 0.2) is 0 Å². The minimum Gasteiger partial charge on any atom is -0.371 e. The molecule has 1 aromatic carbocycles. The summed E-state index contributed by atoms with van der Waals surface area (Å²) in [5, 5.41) is 0.522. The van der Waals surface area contributed by atoms with Gasteiger partial charge in [0.05, 0.1) is 6.61 Å². The van der Waals surface area contributed by atoms with Crippen LogP contribution in [0.15, 0.2) is 24.3 Å². The van der Waals surface area contributed by atoms with Gasteiger partial charge in [-0.3, -0.25) is 0 Å². The highest BCUT2D eigenvalue weighted by Crippen LogP contribution is 2.22. The van der Waals surface area contributed by atoms with E-state index in [-0.39, 0.29) is 18.4 Å². The number of halogens is 5. The lowest BCUT2D eigenvalue weighted by Gasteiger charge is -2.15. The standard InChI is InChI=1S/C11H11Cl2F3O/c12-5-9(6-17-7-11(14,15)16)8-2-1-3-10(13)4-8/h1-4,9H,5-7H2. The molecule has 0 spiro atoms. The number of rotatable bonds is 5. The molecule has 1 aromatic rings. The Balaban J connectivity index is 2.54. The summed E-state index contributed by atoms with van der Waals surface area (Å²) in [5.41, 5.74) is 0.773. The van der Waals surface area contributed by atoms with E-state index in [1.807, 2.05) is 0 Å². The van der Waals surface area contributed by atoms with Gasteiger partial charge in [-0.1, -0.05) is 23.7 Å². The molecular formula is C11H11Cl2F3O. The third kappa shape index (κ3) is 5.61. The van der Waals surface area contributed by atoms with Crippen molar-refractivity contribution in [2.24, 2.45) is 0 Å². The second-order valence-electron chi connectivity index (χ2n) is 3.54. The van der Waals surface area contributed by atoms with Crippen molar-refractivity contribution in [1.29, 1.82) is 0 Å². The van der Waals surface area contributed by atoms with Crippen molar-refractivity contribution in [3.05, 3.63) is 34.9 Å². The van der Waals surface area contributed by atoms with Crippen molar-refractivity contribution in [3.8, 4) is 0 Å². The highest BCUT2D eigenvalue weighted by molar-refractivity contribution is 6.30. The van der Waals surface area contributed by atoms with E-state index in [1.54, 1.807) is 24.3 Å². The van der Waals surface area contributed by atoms with Crippen molar-refractivity contribution in [1.82, 2.24) is 0 Å². The molecule has 0 aromatic heterocycles. The van der Waals surface area contributed by atoms with E-state index in [0.717, 1.165) is 5.56 Å². The Morgan fingerprint density at radius 2 is 2.00 bits per heavy atom. The topological polar surface area (TPSA) is 9.23 Å². The summed E-state index contributed by atoms with van der Waals surface area (Å²) in [6, 6.07) is 6.84. The lowest BCUT2D eigenvalue weighted by atomic mass is 10.0. The first-order valence-corrected chi connectivity index (χ1v) is 5.79. The van der Waals surface area contributed by atoms with E-state index in [0.29, 0.717) is 5.02 Å². The smallest absolute Gasteiger partial charge is 0.371 e. The first-order valence-electron chi connectivity index (χ1n) is 4.88. The molecule has 96 valence electrons. The van der Waals surface area contributed by atoms with Crippen LogP contribution in [0.25, 0.3) is 0 Å². The van der Waals surface area contributed by atoms with Gasteiger partial charge in [-0.15, -0.1) is 11.6 Å². The molecule has 0 fully saturated rings. The van der Waals surface area contributed by atoms with Gasteiger partial charge in [-0.2, -0.15) is 13.2 Å². The van der Waals surface area contributed by atoms with E-state index in [4.69, 9.17) is 23.2 Å². The summed E-state index contributed by atoms with van der Waals surface area (Å²) in [5.74, 6) is -0.115. The van der Waals surface area contributed by atoms with Crippen molar-refractivity contribution in [2.75, 3.05) is 19.1 Å². The van der Waals surface area contributed by atoms with Crippen molar-refractivity contribution in [2.45, 2.75) is 12.1 Å². The quantitative estimate of drug-likeness (QED) is 0.736. The third-order valence-electron chi connectivity index (χ3n) is 2.09. The molecule has 0 bridgehead atoms. The molecule has 1 rings (SSSR count). The van der Waals surface area contributed by atoms with Crippen molar-refractivity contribution < 1.29 is 17.9 Å². The first-order chi connectivity index (χ1) is 7.92. The van der Waals surface area contributed by atoms with Crippen LogP contribution in [0, 0.1) is 0 Å². The monoisotopic (exact) mass is 286 g/mol. The summed E-state index contributed by atoms with van der Waals surface area (Å²) in [7, 11) is 0. The van der Waals surface area contributed by atoms with Crippen LogP contribution in [-0.4, -0.2) is 25.3 Å². The second-order valence-corrected chi connectivity index (χ2v) is 4.28. The van der Waals surface area contributed by atoms with Crippen LogP contribution in [0.5, 0.6) is 0 Å². The Bertz CT molecular complexity index is 355. The van der Waals surface area contributed by atoms with Crippen LogP contribution >= 0.6 is 23.2 Å². The lowest BCUT2D eigenvalue weighted by molar-refractivity contribution is -0.174. The zero-order valence-electron chi connectivity index (χ0n) is 8.81. The molecule has 0 N–H and O–H groups in total. The van der Waals surface area contributed by atoms with Crippen LogP contribution in [0.1, 0.15) is 11.5 Å². The normalized spacial score (nSPS) is 13.7.